The molecule has 0 aliphatic heterocycles. The maximum absolute atomic E-state index is 10.4. The highest BCUT2D eigenvalue weighted by molar-refractivity contribution is 7.90. The number of anilines is 1. The smallest absolute Gasteiger partial charge is 0.261 e. The van der Waals surface area contributed by atoms with Crippen LogP contribution in [0.2, 0.25) is 0 Å². The van der Waals surface area contributed by atoms with E-state index in [1.54, 1.807) is 6.92 Å². The first-order valence-electron chi connectivity index (χ1n) is 2.67. The zero-order valence-electron chi connectivity index (χ0n) is 5.70. The molecule has 1 rings (SSSR count). The molecule has 0 radical (unpaired) electrons. The minimum absolute atomic E-state index is 0.0509. The summed E-state index contributed by atoms with van der Waals surface area (Å²) in [5.41, 5.74) is 0. The largest absolute Gasteiger partial charge is 0.298 e. The fraction of sp³-hybridized carbons (Fsp3) is 0.333. The number of aromatic nitrogens is 3. The van der Waals surface area contributed by atoms with Gasteiger partial charge < -0.3 is 0 Å². The predicted octanol–water partition coefficient (Wildman–Crippen LogP) is -1.27. The van der Waals surface area contributed by atoms with Crippen molar-refractivity contribution < 1.29 is 8.42 Å². The summed E-state index contributed by atoms with van der Waals surface area (Å²) in [5.74, 6) is 0.459. The van der Waals surface area contributed by atoms with Crippen LogP contribution in [-0.2, 0) is 10.2 Å². The Hall–Kier alpha value is -1.15. The Morgan fingerprint density at radius 3 is 2.64 bits per heavy atom. The molecule has 7 nitrogen and oxygen atoms in total. The minimum Gasteiger partial charge on any atom is -0.261 e. The molecule has 1 aromatic heterocycles. The summed E-state index contributed by atoms with van der Waals surface area (Å²) in [7, 11) is -3.76. The standard InChI is InChI=1S/C3H7N5O2S/c1-2-5-3(7-6-2)8-11(4,9)10/h1H3,(H2,4,9,10)(H2,5,6,7,8). The second-order valence-corrected chi connectivity index (χ2v) is 3.19. The molecule has 0 saturated carbocycles. The number of nitrogens with zero attached hydrogens (tertiary/aromatic N) is 2. The van der Waals surface area contributed by atoms with Crippen molar-refractivity contribution in [2.75, 3.05) is 4.72 Å². The molecule has 0 aliphatic rings. The number of nitrogens with one attached hydrogen (secondary N) is 2. The van der Waals surface area contributed by atoms with Crippen LogP contribution in [0.25, 0.3) is 0 Å². The lowest BCUT2D eigenvalue weighted by Crippen LogP contribution is -2.22. The van der Waals surface area contributed by atoms with Gasteiger partial charge in [0.25, 0.3) is 16.2 Å². The van der Waals surface area contributed by atoms with Gasteiger partial charge in [0.1, 0.15) is 5.82 Å². The first-order valence-corrected chi connectivity index (χ1v) is 4.21. The van der Waals surface area contributed by atoms with Gasteiger partial charge in [-0.05, 0) is 6.92 Å². The molecule has 0 unspecified atom stereocenters. The van der Waals surface area contributed by atoms with Crippen molar-refractivity contribution in [3.8, 4) is 0 Å². The lowest BCUT2D eigenvalue weighted by atomic mass is 10.8. The zero-order valence-corrected chi connectivity index (χ0v) is 6.51. The van der Waals surface area contributed by atoms with Gasteiger partial charge in [0.2, 0.25) is 0 Å². The second kappa shape index (κ2) is 2.47. The Balaban J connectivity index is 2.81. The molecule has 0 saturated heterocycles. The highest BCUT2D eigenvalue weighted by atomic mass is 32.2. The van der Waals surface area contributed by atoms with Gasteiger partial charge >= 0.3 is 0 Å². The Labute approximate surface area is 63.2 Å². The van der Waals surface area contributed by atoms with E-state index in [0.29, 0.717) is 5.82 Å². The molecule has 1 aromatic rings. The van der Waals surface area contributed by atoms with Crippen molar-refractivity contribution in [3.63, 3.8) is 0 Å². The maximum Gasteiger partial charge on any atom is 0.298 e. The highest BCUT2D eigenvalue weighted by Gasteiger charge is 2.05. The lowest BCUT2D eigenvalue weighted by molar-refractivity contribution is 0.602. The van der Waals surface area contributed by atoms with Crippen LogP contribution in [0.1, 0.15) is 5.82 Å². The summed E-state index contributed by atoms with van der Waals surface area (Å²) in [6, 6.07) is 0. The van der Waals surface area contributed by atoms with Crippen molar-refractivity contribution in [2.45, 2.75) is 6.92 Å². The molecular weight excluding hydrogens is 170 g/mol. The average Bonchev–Trinajstić information content (AvgIpc) is 2.10. The van der Waals surface area contributed by atoms with Gasteiger partial charge in [-0.15, -0.1) is 5.10 Å². The van der Waals surface area contributed by atoms with E-state index < -0.39 is 10.2 Å². The van der Waals surface area contributed by atoms with Crippen LogP contribution >= 0.6 is 0 Å². The normalized spacial score (nSPS) is 11.5. The topological polar surface area (TPSA) is 114 Å². The zero-order chi connectivity index (χ0) is 8.48. The molecule has 0 fully saturated rings. The van der Waals surface area contributed by atoms with E-state index >= 15 is 0 Å². The number of aromatic amines is 1. The van der Waals surface area contributed by atoms with E-state index in [1.165, 1.54) is 0 Å². The summed E-state index contributed by atoms with van der Waals surface area (Å²) >= 11 is 0. The summed E-state index contributed by atoms with van der Waals surface area (Å²) < 4.78 is 22.7. The van der Waals surface area contributed by atoms with Crippen LogP contribution in [0.4, 0.5) is 5.95 Å². The lowest BCUT2D eigenvalue weighted by Gasteiger charge is -1.93. The molecular formula is C3H7N5O2S. The SMILES string of the molecule is Cc1nc(NS(N)(=O)=O)n[nH]1. The van der Waals surface area contributed by atoms with Gasteiger partial charge in [-0.1, -0.05) is 0 Å². The van der Waals surface area contributed by atoms with Crippen LogP contribution in [0.3, 0.4) is 0 Å². The number of hydrogen-bond acceptors (Lipinski definition) is 4. The van der Waals surface area contributed by atoms with Crippen molar-refractivity contribution in [1.29, 1.82) is 0 Å². The van der Waals surface area contributed by atoms with Crippen molar-refractivity contribution in [1.82, 2.24) is 15.2 Å². The predicted molar refractivity (Wildman–Crippen MR) is 37.8 cm³/mol. The number of aryl methyl sites for hydroxylation is 1. The Morgan fingerprint density at radius 2 is 2.27 bits per heavy atom. The number of nitrogens with two attached hydrogens (primary N) is 1. The van der Waals surface area contributed by atoms with E-state index in [1.807, 2.05) is 4.72 Å². The maximum atomic E-state index is 10.4. The van der Waals surface area contributed by atoms with Crippen molar-refractivity contribution in [3.05, 3.63) is 5.82 Å². The van der Waals surface area contributed by atoms with E-state index in [4.69, 9.17) is 0 Å². The Bertz CT molecular complexity index is 340. The molecule has 4 N–H and O–H groups in total. The molecule has 62 valence electrons. The van der Waals surface area contributed by atoms with E-state index in [0.717, 1.165) is 0 Å². The van der Waals surface area contributed by atoms with Crippen LogP contribution in [0.15, 0.2) is 0 Å². The van der Waals surface area contributed by atoms with Crippen LogP contribution < -0.4 is 9.86 Å². The summed E-state index contributed by atoms with van der Waals surface area (Å²) in [6.45, 7) is 1.64. The van der Waals surface area contributed by atoms with Gasteiger partial charge in [0.05, 0.1) is 0 Å². The molecule has 0 aromatic carbocycles. The van der Waals surface area contributed by atoms with Gasteiger partial charge in [0, 0.05) is 0 Å². The third kappa shape index (κ3) is 2.51. The molecule has 11 heavy (non-hydrogen) atoms. The quantitative estimate of drug-likeness (QED) is 0.522. The first-order chi connectivity index (χ1) is 4.97. The summed E-state index contributed by atoms with van der Waals surface area (Å²) in [4.78, 5) is 3.66. The molecule has 1 heterocycles. The highest BCUT2D eigenvalue weighted by Crippen LogP contribution is 1.96. The third-order valence-electron chi connectivity index (χ3n) is 0.831. The number of hydrogen-bond donors (Lipinski definition) is 3. The first kappa shape index (κ1) is 7.95. The molecule has 8 heteroatoms. The van der Waals surface area contributed by atoms with Crippen LogP contribution in [-0.4, -0.2) is 23.6 Å². The molecule has 0 amide bonds. The van der Waals surface area contributed by atoms with Crippen LogP contribution in [0.5, 0.6) is 0 Å². The van der Waals surface area contributed by atoms with Gasteiger partial charge in [0.15, 0.2) is 0 Å². The fourth-order valence-corrected chi connectivity index (χ4v) is 0.861. The van der Waals surface area contributed by atoms with Crippen LogP contribution in [0, 0.1) is 6.92 Å². The van der Waals surface area contributed by atoms with Gasteiger partial charge in [-0.2, -0.15) is 13.4 Å². The summed E-state index contributed by atoms with van der Waals surface area (Å²) in [5, 5.41) is 10.6. The van der Waals surface area contributed by atoms with Gasteiger partial charge in [-0.3, -0.25) is 5.10 Å². The van der Waals surface area contributed by atoms with Crippen molar-refractivity contribution >= 4 is 16.2 Å². The molecule has 0 bridgehead atoms. The molecule has 0 aliphatic carbocycles. The average molecular weight is 177 g/mol. The molecule has 0 spiro atoms. The van der Waals surface area contributed by atoms with Gasteiger partial charge in [-0.25, -0.2) is 9.86 Å². The van der Waals surface area contributed by atoms with E-state index in [-0.39, 0.29) is 5.95 Å². The monoisotopic (exact) mass is 177 g/mol. The second-order valence-electron chi connectivity index (χ2n) is 1.89. The Kier molecular flexibility index (Phi) is 1.79. The molecule has 0 atom stereocenters. The van der Waals surface area contributed by atoms with E-state index in [9.17, 15) is 8.42 Å². The minimum atomic E-state index is -3.76. The number of H-pyrrole nitrogens is 1. The van der Waals surface area contributed by atoms with Crippen molar-refractivity contribution in [2.24, 2.45) is 5.14 Å². The summed E-state index contributed by atoms with van der Waals surface area (Å²) in [6.07, 6.45) is 0. The third-order valence-corrected chi connectivity index (χ3v) is 1.30. The fourth-order valence-electron chi connectivity index (χ4n) is 0.516. The number of rotatable bonds is 2. The Morgan fingerprint density at radius 1 is 1.64 bits per heavy atom. The van der Waals surface area contributed by atoms with E-state index in [2.05, 4.69) is 20.3 Å².